The number of rotatable bonds is 3. The Morgan fingerprint density at radius 2 is 1.86 bits per heavy atom. The van der Waals surface area contributed by atoms with Gasteiger partial charge in [0, 0.05) is 54.3 Å². The minimum Gasteiger partial charge on any atom is -0.495 e. The molecule has 5 rings (SSSR count). The van der Waals surface area contributed by atoms with Crippen LogP contribution in [-0.4, -0.2) is 56.5 Å². The van der Waals surface area contributed by atoms with Crippen LogP contribution in [0.15, 0.2) is 42.7 Å². The molecule has 8 nitrogen and oxygen atoms in total. The first-order valence-electron chi connectivity index (χ1n) is 12.0. The third-order valence-corrected chi connectivity index (χ3v) is 6.39. The fraction of sp³-hybridized carbons (Fsp3) is 0.407. The van der Waals surface area contributed by atoms with E-state index in [1.165, 1.54) is 0 Å². The smallest absolute Gasteiger partial charge is 0.410 e. The van der Waals surface area contributed by atoms with Crippen molar-refractivity contribution in [2.45, 2.75) is 45.1 Å². The first kappa shape index (κ1) is 23.1. The summed E-state index contributed by atoms with van der Waals surface area (Å²) in [6.07, 6.45) is 5.26. The SMILES string of the molecule is COc1c(-c2cc3cn(C)nc3cn2)ccc2nc(C3CCN(C(=O)OC(C)(C)C)CC3)ccc12. The van der Waals surface area contributed by atoms with Crippen molar-refractivity contribution in [3.63, 3.8) is 0 Å². The van der Waals surface area contributed by atoms with E-state index in [0.717, 1.165) is 57.3 Å². The van der Waals surface area contributed by atoms with Gasteiger partial charge in [-0.3, -0.25) is 14.6 Å². The second-order valence-corrected chi connectivity index (χ2v) is 10.1. The van der Waals surface area contributed by atoms with Gasteiger partial charge in [0.05, 0.1) is 24.5 Å². The molecule has 1 fully saturated rings. The van der Waals surface area contributed by atoms with Gasteiger partial charge in [0.15, 0.2) is 0 Å². The number of hydrogen-bond donors (Lipinski definition) is 0. The summed E-state index contributed by atoms with van der Waals surface area (Å²) in [4.78, 5) is 23.8. The maximum Gasteiger partial charge on any atom is 0.410 e. The number of hydrogen-bond acceptors (Lipinski definition) is 6. The van der Waals surface area contributed by atoms with Gasteiger partial charge >= 0.3 is 6.09 Å². The molecule has 1 aromatic carbocycles. The number of piperidine rings is 1. The van der Waals surface area contributed by atoms with E-state index in [-0.39, 0.29) is 6.09 Å². The Balaban J connectivity index is 1.39. The molecule has 4 aromatic rings. The number of carbonyl (C=O) groups excluding carboxylic acids is 1. The average Bonchev–Trinajstić information content (AvgIpc) is 3.21. The molecule has 1 aliphatic heterocycles. The standard InChI is InChI=1S/C27H31N5O3/c1-27(2,3)35-26(33)32-12-10-17(11-13-32)21-8-6-19-22(29-21)9-7-20(25(19)34-5)23-14-18-16-31(4)30-24(18)15-28-23/h6-9,14-17H,10-13H2,1-5H3. The van der Waals surface area contributed by atoms with Crippen LogP contribution in [0.1, 0.15) is 45.2 Å². The summed E-state index contributed by atoms with van der Waals surface area (Å²) in [6.45, 7) is 7.02. The van der Waals surface area contributed by atoms with Crippen molar-refractivity contribution in [3.05, 3.63) is 48.4 Å². The third-order valence-electron chi connectivity index (χ3n) is 6.39. The van der Waals surface area contributed by atoms with Gasteiger partial charge in [-0.1, -0.05) is 0 Å². The molecule has 1 amide bonds. The van der Waals surface area contributed by atoms with Crippen molar-refractivity contribution in [2.24, 2.45) is 7.05 Å². The monoisotopic (exact) mass is 473 g/mol. The minimum absolute atomic E-state index is 0.238. The maximum absolute atomic E-state index is 12.4. The number of pyridine rings is 2. The van der Waals surface area contributed by atoms with Gasteiger partial charge in [-0.2, -0.15) is 5.10 Å². The van der Waals surface area contributed by atoms with E-state index in [1.54, 1.807) is 22.9 Å². The summed E-state index contributed by atoms with van der Waals surface area (Å²) in [5, 5.41) is 6.39. The minimum atomic E-state index is -0.481. The van der Waals surface area contributed by atoms with Crippen LogP contribution in [0.2, 0.25) is 0 Å². The molecule has 0 saturated carbocycles. The quantitative estimate of drug-likeness (QED) is 0.401. The van der Waals surface area contributed by atoms with Crippen LogP contribution in [0.3, 0.4) is 0 Å². The van der Waals surface area contributed by atoms with Crippen molar-refractivity contribution in [3.8, 4) is 17.0 Å². The number of ether oxygens (including phenoxy) is 2. The normalized spacial score (nSPS) is 15.1. The lowest BCUT2D eigenvalue weighted by Gasteiger charge is -2.33. The molecule has 35 heavy (non-hydrogen) atoms. The van der Waals surface area contributed by atoms with Crippen LogP contribution in [0.5, 0.6) is 5.75 Å². The van der Waals surface area contributed by atoms with Crippen LogP contribution >= 0.6 is 0 Å². The van der Waals surface area contributed by atoms with Crippen molar-refractivity contribution < 1.29 is 14.3 Å². The first-order valence-corrected chi connectivity index (χ1v) is 12.0. The number of nitrogens with zero attached hydrogens (tertiary/aromatic N) is 5. The zero-order valence-corrected chi connectivity index (χ0v) is 20.9. The Morgan fingerprint density at radius 3 is 2.57 bits per heavy atom. The third kappa shape index (κ3) is 4.65. The molecule has 3 aromatic heterocycles. The molecule has 1 saturated heterocycles. The Kier molecular flexibility index (Phi) is 5.83. The molecule has 8 heteroatoms. The molecule has 0 radical (unpaired) electrons. The number of aryl methyl sites for hydroxylation is 1. The summed E-state index contributed by atoms with van der Waals surface area (Å²) in [7, 11) is 3.59. The van der Waals surface area contributed by atoms with Gasteiger partial charge in [0.1, 0.15) is 16.9 Å². The fourth-order valence-corrected chi connectivity index (χ4v) is 4.72. The number of benzene rings is 1. The lowest BCUT2D eigenvalue weighted by Crippen LogP contribution is -2.41. The molecular weight excluding hydrogens is 442 g/mol. The highest BCUT2D eigenvalue weighted by molar-refractivity contribution is 5.94. The van der Waals surface area contributed by atoms with Crippen LogP contribution in [-0.2, 0) is 11.8 Å². The number of methoxy groups -OCH3 is 1. The van der Waals surface area contributed by atoms with Crippen LogP contribution in [0, 0.1) is 0 Å². The Hall–Kier alpha value is -3.68. The van der Waals surface area contributed by atoms with Gasteiger partial charge in [-0.25, -0.2) is 4.79 Å². The van der Waals surface area contributed by atoms with Crippen LogP contribution in [0.25, 0.3) is 33.1 Å². The van der Waals surface area contributed by atoms with E-state index in [0.29, 0.717) is 19.0 Å². The molecule has 0 bridgehead atoms. The molecule has 182 valence electrons. The van der Waals surface area contributed by atoms with Crippen molar-refractivity contribution in [1.29, 1.82) is 0 Å². The van der Waals surface area contributed by atoms with Crippen LogP contribution < -0.4 is 4.74 Å². The topological polar surface area (TPSA) is 82.4 Å². The van der Waals surface area contributed by atoms with Gasteiger partial charge in [-0.15, -0.1) is 0 Å². The predicted octanol–water partition coefficient (Wildman–Crippen LogP) is 5.31. The Morgan fingerprint density at radius 1 is 1.09 bits per heavy atom. The molecule has 4 heterocycles. The molecule has 0 spiro atoms. The van der Waals surface area contributed by atoms with Gasteiger partial charge < -0.3 is 14.4 Å². The lowest BCUT2D eigenvalue weighted by molar-refractivity contribution is 0.0204. The lowest BCUT2D eigenvalue weighted by atomic mass is 9.92. The summed E-state index contributed by atoms with van der Waals surface area (Å²) < 4.78 is 13.1. The van der Waals surface area contributed by atoms with E-state index in [4.69, 9.17) is 14.5 Å². The van der Waals surface area contributed by atoms with Gasteiger partial charge in [-0.05, 0) is 63.9 Å². The molecular formula is C27H31N5O3. The van der Waals surface area contributed by atoms with Gasteiger partial charge in [0.25, 0.3) is 0 Å². The largest absolute Gasteiger partial charge is 0.495 e. The Labute approximate surface area is 204 Å². The zero-order chi connectivity index (χ0) is 24.7. The predicted molar refractivity (Wildman–Crippen MR) is 136 cm³/mol. The Bertz CT molecular complexity index is 1400. The van der Waals surface area contributed by atoms with E-state index >= 15 is 0 Å². The van der Waals surface area contributed by atoms with E-state index < -0.39 is 5.60 Å². The number of fused-ring (bicyclic) bond motifs is 2. The highest BCUT2D eigenvalue weighted by atomic mass is 16.6. The molecule has 0 N–H and O–H groups in total. The second kappa shape index (κ2) is 8.83. The number of likely N-dealkylation sites (tertiary alicyclic amines) is 1. The van der Waals surface area contributed by atoms with Crippen molar-refractivity contribution in [2.75, 3.05) is 20.2 Å². The van der Waals surface area contributed by atoms with Crippen LogP contribution in [0.4, 0.5) is 4.79 Å². The zero-order valence-electron chi connectivity index (χ0n) is 20.9. The van der Waals surface area contributed by atoms with Crippen molar-refractivity contribution in [1.82, 2.24) is 24.6 Å². The number of amides is 1. The second-order valence-electron chi connectivity index (χ2n) is 10.1. The first-order chi connectivity index (χ1) is 16.7. The average molecular weight is 474 g/mol. The van der Waals surface area contributed by atoms with Crippen molar-refractivity contribution >= 4 is 27.9 Å². The molecule has 0 atom stereocenters. The highest BCUT2D eigenvalue weighted by Gasteiger charge is 2.28. The van der Waals surface area contributed by atoms with E-state index in [9.17, 15) is 4.79 Å². The highest BCUT2D eigenvalue weighted by Crippen LogP contribution is 2.37. The van der Waals surface area contributed by atoms with E-state index in [1.807, 2.05) is 52.2 Å². The molecule has 0 aliphatic carbocycles. The summed E-state index contributed by atoms with van der Waals surface area (Å²) in [6, 6.07) is 10.3. The summed E-state index contributed by atoms with van der Waals surface area (Å²) in [5.41, 5.74) is 4.07. The molecule has 1 aliphatic rings. The summed E-state index contributed by atoms with van der Waals surface area (Å²) in [5.74, 6) is 1.07. The summed E-state index contributed by atoms with van der Waals surface area (Å²) >= 11 is 0. The number of carbonyl (C=O) groups is 1. The van der Waals surface area contributed by atoms with E-state index in [2.05, 4.69) is 22.2 Å². The fourth-order valence-electron chi connectivity index (χ4n) is 4.72. The molecule has 0 unspecified atom stereocenters. The number of aromatic nitrogens is 4. The maximum atomic E-state index is 12.4. The van der Waals surface area contributed by atoms with Gasteiger partial charge in [0.2, 0.25) is 0 Å².